The number of thiazole rings is 1. The number of hydrogen-bond acceptors (Lipinski definition) is 4. The number of aryl methyl sites for hydroxylation is 1. The van der Waals surface area contributed by atoms with Crippen molar-refractivity contribution in [3.63, 3.8) is 0 Å². The molecule has 0 saturated carbocycles. The maximum atomic E-state index is 12.2. The number of nitrogens with two attached hydrogens (primary N) is 1. The Balaban J connectivity index is 1.93. The smallest absolute Gasteiger partial charge is 0.259 e. The first-order valence-corrected chi connectivity index (χ1v) is 6.61. The molecule has 3 rings (SSSR count). The highest BCUT2D eigenvalue weighted by Gasteiger charge is 2.13. The van der Waals surface area contributed by atoms with Crippen LogP contribution in [0.15, 0.2) is 29.8 Å². The fourth-order valence-corrected chi connectivity index (χ4v) is 2.59. The Hall–Kier alpha value is -2.34. The molecule has 6 heteroatoms. The lowest BCUT2D eigenvalue weighted by molar-refractivity contribution is 0.102. The molecule has 0 atom stereocenters. The number of anilines is 2. The van der Waals surface area contributed by atoms with Crippen LogP contribution in [0.1, 0.15) is 16.1 Å². The van der Waals surface area contributed by atoms with Gasteiger partial charge in [-0.05, 0) is 25.1 Å². The molecule has 0 saturated heterocycles. The molecule has 19 heavy (non-hydrogen) atoms. The van der Waals surface area contributed by atoms with Crippen molar-refractivity contribution in [1.29, 1.82) is 0 Å². The first-order chi connectivity index (χ1) is 9.13. The van der Waals surface area contributed by atoms with Crippen molar-refractivity contribution in [2.75, 3.05) is 11.1 Å². The summed E-state index contributed by atoms with van der Waals surface area (Å²) in [6.45, 7) is 1.89. The normalized spacial score (nSPS) is 10.8. The molecule has 1 aromatic carbocycles. The summed E-state index contributed by atoms with van der Waals surface area (Å²) < 4.78 is 0. The summed E-state index contributed by atoms with van der Waals surface area (Å²) in [4.78, 5) is 19.4. The van der Waals surface area contributed by atoms with E-state index in [4.69, 9.17) is 5.73 Å². The Morgan fingerprint density at radius 2 is 2.32 bits per heavy atom. The van der Waals surface area contributed by atoms with Crippen LogP contribution in [0.4, 0.5) is 10.8 Å². The Morgan fingerprint density at radius 1 is 1.47 bits per heavy atom. The van der Waals surface area contributed by atoms with Crippen molar-refractivity contribution in [3.8, 4) is 0 Å². The van der Waals surface area contributed by atoms with E-state index in [1.54, 1.807) is 18.3 Å². The highest BCUT2D eigenvalue weighted by atomic mass is 32.1. The fraction of sp³-hybridized carbons (Fsp3) is 0.0769. The van der Waals surface area contributed by atoms with Crippen LogP contribution in [0.3, 0.4) is 0 Å². The first-order valence-electron chi connectivity index (χ1n) is 5.73. The van der Waals surface area contributed by atoms with Crippen LogP contribution in [-0.2, 0) is 0 Å². The summed E-state index contributed by atoms with van der Waals surface area (Å²) in [5.41, 5.74) is 8.70. The molecule has 0 aliphatic heterocycles. The van der Waals surface area contributed by atoms with E-state index in [-0.39, 0.29) is 5.91 Å². The number of rotatable bonds is 2. The number of hydrogen-bond donors (Lipinski definition) is 3. The third-order valence-electron chi connectivity index (χ3n) is 2.79. The summed E-state index contributed by atoms with van der Waals surface area (Å²) in [5, 5.41) is 6.13. The van der Waals surface area contributed by atoms with Crippen molar-refractivity contribution in [2.24, 2.45) is 0 Å². The highest BCUT2D eigenvalue weighted by Crippen LogP contribution is 2.22. The van der Waals surface area contributed by atoms with Crippen LogP contribution in [0.2, 0.25) is 0 Å². The number of aromatic amines is 1. The molecule has 3 aromatic rings. The first kappa shape index (κ1) is 11.7. The largest absolute Gasteiger partial charge is 0.399 e. The van der Waals surface area contributed by atoms with Crippen LogP contribution < -0.4 is 11.1 Å². The van der Waals surface area contributed by atoms with Gasteiger partial charge in [0.15, 0.2) is 5.13 Å². The van der Waals surface area contributed by atoms with Crippen molar-refractivity contribution < 1.29 is 4.79 Å². The van der Waals surface area contributed by atoms with Gasteiger partial charge in [-0.3, -0.25) is 10.1 Å². The van der Waals surface area contributed by atoms with Crippen LogP contribution in [0, 0.1) is 6.92 Å². The van der Waals surface area contributed by atoms with Gasteiger partial charge in [0, 0.05) is 28.2 Å². The molecule has 0 bridgehead atoms. The van der Waals surface area contributed by atoms with Gasteiger partial charge in [-0.25, -0.2) is 4.98 Å². The van der Waals surface area contributed by atoms with Crippen molar-refractivity contribution >= 4 is 39.0 Å². The van der Waals surface area contributed by atoms with Gasteiger partial charge in [-0.15, -0.1) is 11.3 Å². The van der Waals surface area contributed by atoms with E-state index in [1.807, 2.05) is 18.4 Å². The average Bonchev–Trinajstić information content (AvgIpc) is 2.95. The molecular weight excluding hydrogens is 260 g/mol. The number of nitrogen functional groups attached to an aromatic ring is 1. The lowest BCUT2D eigenvalue weighted by atomic mass is 10.1. The number of nitrogens with zero attached hydrogens (tertiary/aromatic N) is 1. The van der Waals surface area contributed by atoms with Crippen molar-refractivity contribution in [2.45, 2.75) is 6.92 Å². The lowest BCUT2D eigenvalue weighted by Gasteiger charge is -2.00. The fourth-order valence-electron chi connectivity index (χ4n) is 1.91. The Morgan fingerprint density at radius 3 is 3.05 bits per heavy atom. The van der Waals surface area contributed by atoms with E-state index >= 15 is 0 Å². The number of nitrogens with one attached hydrogen (secondary N) is 2. The number of carbonyl (C=O) groups is 1. The van der Waals surface area contributed by atoms with Gasteiger partial charge in [-0.1, -0.05) is 0 Å². The van der Waals surface area contributed by atoms with Gasteiger partial charge in [0.2, 0.25) is 0 Å². The minimum atomic E-state index is -0.176. The van der Waals surface area contributed by atoms with Crippen LogP contribution in [0.5, 0.6) is 0 Å². The molecule has 0 unspecified atom stereocenters. The summed E-state index contributed by atoms with van der Waals surface area (Å²) in [5.74, 6) is -0.176. The van der Waals surface area contributed by atoms with Gasteiger partial charge >= 0.3 is 0 Å². The Kier molecular flexibility index (Phi) is 2.72. The number of benzene rings is 1. The molecule has 0 fully saturated rings. The molecule has 5 nitrogen and oxygen atoms in total. The second kappa shape index (κ2) is 4.40. The molecule has 0 spiro atoms. The highest BCUT2D eigenvalue weighted by molar-refractivity contribution is 7.13. The predicted octanol–water partition coefficient (Wildman–Crippen LogP) is 2.77. The van der Waals surface area contributed by atoms with Gasteiger partial charge in [0.05, 0.1) is 11.3 Å². The molecule has 1 amide bonds. The zero-order valence-corrected chi connectivity index (χ0v) is 11.0. The van der Waals surface area contributed by atoms with Crippen molar-refractivity contribution in [1.82, 2.24) is 9.97 Å². The third-order valence-corrected chi connectivity index (χ3v) is 3.67. The van der Waals surface area contributed by atoms with E-state index < -0.39 is 0 Å². The molecular formula is C13H12N4OS. The van der Waals surface area contributed by atoms with Crippen LogP contribution in [0.25, 0.3) is 10.9 Å². The second-order valence-electron chi connectivity index (χ2n) is 4.26. The van der Waals surface area contributed by atoms with Crippen LogP contribution in [-0.4, -0.2) is 15.9 Å². The molecule has 0 aliphatic carbocycles. The predicted molar refractivity (Wildman–Crippen MR) is 77.5 cm³/mol. The number of fused-ring (bicyclic) bond motifs is 1. The zero-order chi connectivity index (χ0) is 13.4. The molecule has 4 N–H and O–H groups in total. The maximum absolute atomic E-state index is 12.2. The van der Waals surface area contributed by atoms with Gasteiger partial charge < -0.3 is 10.7 Å². The topological polar surface area (TPSA) is 83.8 Å². The SMILES string of the molecule is Cc1csc(NC(=O)c2c[nH]c3cc(N)ccc23)n1. The standard InChI is InChI=1S/C13H12N4OS/c1-7-6-19-13(16-7)17-12(18)10-5-15-11-4-8(14)2-3-9(10)11/h2-6,15H,14H2,1H3,(H,16,17,18). The van der Waals surface area contributed by atoms with E-state index in [0.29, 0.717) is 16.4 Å². The van der Waals surface area contributed by atoms with E-state index in [2.05, 4.69) is 15.3 Å². The second-order valence-corrected chi connectivity index (χ2v) is 5.11. The number of carbonyl (C=O) groups excluding carboxylic acids is 1. The zero-order valence-electron chi connectivity index (χ0n) is 10.2. The monoisotopic (exact) mass is 272 g/mol. The van der Waals surface area contributed by atoms with Crippen molar-refractivity contribution in [3.05, 3.63) is 41.0 Å². The van der Waals surface area contributed by atoms with Gasteiger partial charge in [0.1, 0.15) is 0 Å². The summed E-state index contributed by atoms with van der Waals surface area (Å²) in [6, 6.07) is 5.42. The molecule has 96 valence electrons. The molecule has 2 aromatic heterocycles. The summed E-state index contributed by atoms with van der Waals surface area (Å²) in [6.07, 6.45) is 1.68. The van der Waals surface area contributed by atoms with Gasteiger partial charge in [0.25, 0.3) is 5.91 Å². The lowest BCUT2D eigenvalue weighted by Crippen LogP contribution is -2.11. The molecule has 0 aliphatic rings. The Labute approximate surface area is 113 Å². The molecule has 2 heterocycles. The van der Waals surface area contributed by atoms with E-state index in [1.165, 1.54) is 11.3 Å². The Bertz CT molecular complexity index is 759. The molecule has 0 radical (unpaired) electrons. The average molecular weight is 272 g/mol. The minimum absolute atomic E-state index is 0.176. The number of H-pyrrole nitrogens is 1. The number of aromatic nitrogens is 2. The van der Waals surface area contributed by atoms with E-state index in [0.717, 1.165) is 16.6 Å². The summed E-state index contributed by atoms with van der Waals surface area (Å²) in [7, 11) is 0. The van der Waals surface area contributed by atoms with Gasteiger partial charge in [-0.2, -0.15) is 0 Å². The summed E-state index contributed by atoms with van der Waals surface area (Å²) >= 11 is 1.41. The third kappa shape index (κ3) is 2.17. The van der Waals surface area contributed by atoms with E-state index in [9.17, 15) is 4.79 Å². The van der Waals surface area contributed by atoms with Crippen LogP contribution >= 0.6 is 11.3 Å². The minimum Gasteiger partial charge on any atom is -0.399 e. The quantitative estimate of drug-likeness (QED) is 0.627. The number of amides is 1. The maximum Gasteiger partial charge on any atom is 0.259 e.